The first-order chi connectivity index (χ1) is 13.3. The second kappa shape index (κ2) is 8.20. The van der Waals surface area contributed by atoms with Crippen LogP contribution in [0.25, 0.3) is 23.0 Å². The number of para-hydroxylation sites is 1. The molecule has 132 valence electrons. The number of benzene rings is 2. The van der Waals surface area contributed by atoms with Gasteiger partial charge in [-0.1, -0.05) is 0 Å². The summed E-state index contributed by atoms with van der Waals surface area (Å²) in [4.78, 5) is 9.54. The van der Waals surface area contributed by atoms with Crippen molar-refractivity contribution in [1.29, 1.82) is 0 Å². The van der Waals surface area contributed by atoms with Crippen LogP contribution < -0.4 is 0 Å². The molecule has 2 radical (unpaired) electrons. The molecule has 0 atom stereocenters. The summed E-state index contributed by atoms with van der Waals surface area (Å²) >= 11 is 1.56. The molecule has 0 spiro atoms. The van der Waals surface area contributed by atoms with Crippen molar-refractivity contribution in [3.8, 4) is 23.0 Å². The van der Waals surface area contributed by atoms with Crippen molar-refractivity contribution in [2.24, 2.45) is 0 Å². The minimum absolute atomic E-state index is 0.666. The third kappa shape index (κ3) is 3.62. The average Bonchev–Trinajstić information content (AvgIpc) is 3.33. The van der Waals surface area contributed by atoms with Crippen LogP contribution in [-0.2, 0) is 6.42 Å². The Morgan fingerprint density at radius 3 is 2.37 bits per heavy atom. The maximum absolute atomic E-state index is 4.88. The van der Waals surface area contributed by atoms with E-state index in [0.29, 0.717) is 5.95 Å². The van der Waals surface area contributed by atoms with E-state index in [9.17, 15) is 0 Å². The first-order valence-corrected chi connectivity index (χ1v) is 12.7. The van der Waals surface area contributed by atoms with Crippen LogP contribution in [0.15, 0.2) is 71.9 Å². The quantitative estimate of drug-likeness (QED) is 0.430. The predicted octanol–water partition coefficient (Wildman–Crippen LogP) is 4.25. The summed E-state index contributed by atoms with van der Waals surface area (Å²) in [6.45, 7) is 2.16. The predicted molar refractivity (Wildman–Crippen MR) is 110 cm³/mol. The normalized spacial score (nSPS) is 11.0. The fraction of sp³-hybridized carbons (Fsp3) is 0.150. The van der Waals surface area contributed by atoms with Gasteiger partial charge in [-0.25, -0.2) is 0 Å². The molecular weight excluding hydrogens is 412 g/mol. The first-order valence-electron chi connectivity index (χ1n) is 8.83. The van der Waals surface area contributed by atoms with Crippen molar-refractivity contribution in [3.63, 3.8) is 0 Å². The molecule has 0 N–H and O–H groups in total. The Morgan fingerprint density at radius 2 is 1.70 bits per heavy atom. The molecule has 0 saturated carbocycles. The Kier molecular flexibility index (Phi) is 5.52. The third-order valence-corrected chi connectivity index (χ3v) is 6.27. The summed E-state index contributed by atoms with van der Waals surface area (Å²) < 4.78 is 4.00. The summed E-state index contributed by atoms with van der Waals surface area (Å²) in [5.74, 6) is 2.49. The molecule has 0 fully saturated rings. The maximum atomic E-state index is 4.88. The second-order valence-corrected chi connectivity index (χ2v) is 8.20. The molecule has 27 heavy (non-hydrogen) atoms. The molecular formula is C20H18GaN5S. The van der Waals surface area contributed by atoms with E-state index in [2.05, 4.69) is 40.7 Å². The fourth-order valence-corrected chi connectivity index (χ4v) is 4.43. The zero-order valence-corrected chi connectivity index (χ0v) is 18.2. The Bertz CT molecular complexity index is 1030. The van der Waals surface area contributed by atoms with Crippen LogP contribution >= 0.6 is 9.70 Å². The Morgan fingerprint density at radius 1 is 1.00 bits per heavy atom. The van der Waals surface area contributed by atoms with Crippen molar-refractivity contribution in [3.05, 3.63) is 72.7 Å². The fourth-order valence-electron chi connectivity index (χ4n) is 2.99. The van der Waals surface area contributed by atoms with E-state index < -0.39 is 0 Å². The summed E-state index contributed by atoms with van der Waals surface area (Å²) in [5.41, 5.74) is 2.08. The van der Waals surface area contributed by atoms with E-state index in [1.807, 2.05) is 47.3 Å². The van der Waals surface area contributed by atoms with Gasteiger partial charge in [0.05, 0.1) is 0 Å². The molecule has 0 saturated heterocycles. The van der Waals surface area contributed by atoms with Gasteiger partial charge in [0.25, 0.3) is 0 Å². The van der Waals surface area contributed by atoms with Crippen LogP contribution in [0.4, 0.5) is 0 Å². The van der Waals surface area contributed by atoms with E-state index in [-0.39, 0.29) is 0 Å². The summed E-state index contributed by atoms with van der Waals surface area (Å²) in [6, 6.07) is 20.4. The zero-order chi connectivity index (χ0) is 18.6. The van der Waals surface area contributed by atoms with E-state index >= 15 is 0 Å². The molecule has 0 aliphatic heterocycles. The molecule has 0 unspecified atom stereocenters. The van der Waals surface area contributed by atoms with Gasteiger partial charge in [0.2, 0.25) is 0 Å². The molecule has 2 heterocycles. The number of hydrogen-bond donors (Lipinski definition) is 0. The van der Waals surface area contributed by atoms with E-state index in [0.717, 1.165) is 40.8 Å². The van der Waals surface area contributed by atoms with Crippen molar-refractivity contribution < 1.29 is 0 Å². The van der Waals surface area contributed by atoms with Crippen LogP contribution in [0.5, 0.6) is 0 Å². The van der Waals surface area contributed by atoms with E-state index in [1.54, 1.807) is 27.1 Å². The molecule has 4 rings (SSSR count). The summed E-state index contributed by atoms with van der Waals surface area (Å²) in [7, 11) is 1.70. The van der Waals surface area contributed by atoms with Gasteiger partial charge < -0.3 is 0 Å². The van der Waals surface area contributed by atoms with Crippen LogP contribution in [0.3, 0.4) is 0 Å². The molecule has 0 aliphatic rings. The summed E-state index contributed by atoms with van der Waals surface area (Å²) in [5, 5.41) is 5.90. The SMILES string of the molecule is CCCc1nc(-n2c([S][Ga])cnc2-c2ccccc2)nn1-c1ccccc1. The standard InChI is InChI=1S/C20H19N5S.Ga/c1-2-9-17-22-20(23-25(17)16-12-7-4-8-13-16)24-18(26)14-21-19(24)15-10-5-3-6-11-15;/h3-8,10-14,26H,2,9H2,1H3;/q;+1/p-1. The van der Waals surface area contributed by atoms with E-state index in [1.165, 1.54) is 0 Å². The molecule has 4 aromatic rings. The number of nitrogens with zero attached hydrogens (tertiary/aromatic N) is 5. The van der Waals surface area contributed by atoms with Gasteiger partial charge in [0.15, 0.2) is 0 Å². The molecule has 5 nitrogen and oxygen atoms in total. The zero-order valence-electron chi connectivity index (χ0n) is 15.0. The monoisotopic (exact) mass is 429 g/mol. The van der Waals surface area contributed by atoms with Crippen molar-refractivity contribution in [2.75, 3.05) is 0 Å². The molecule has 0 amide bonds. The molecule has 0 aliphatic carbocycles. The van der Waals surface area contributed by atoms with Crippen LogP contribution in [-0.4, -0.2) is 41.7 Å². The van der Waals surface area contributed by atoms with Crippen LogP contribution in [0.1, 0.15) is 19.2 Å². The van der Waals surface area contributed by atoms with Crippen LogP contribution in [0, 0.1) is 0 Å². The Balaban J connectivity index is 1.88. The van der Waals surface area contributed by atoms with Gasteiger partial charge in [0, 0.05) is 0 Å². The Labute approximate surface area is 171 Å². The summed E-state index contributed by atoms with van der Waals surface area (Å²) in [6.07, 6.45) is 3.78. The Hall–Kier alpha value is -2.22. The first kappa shape index (κ1) is 18.2. The average molecular weight is 430 g/mol. The van der Waals surface area contributed by atoms with Crippen molar-refractivity contribution in [2.45, 2.75) is 24.8 Å². The number of rotatable bonds is 6. The van der Waals surface area contributed by atoms with E-state index in [4.69, 9.17) is 10.1 Å². The van der Waals surface area contributed by atoms with Gasteiger partial charge in [-0.3, -0.25) is 0 Å². The number of aryl methyl sites for hydroxylation is 1. The molecule has 7 heteroatoms. The van der Waals surface area contributed by atoms with Gasteiger partial charge in [0.1, 0.15) is 0 Å². The van der Waals surface area contributed by atoms with Gasteiger partial charge in [-0.2, -0.15) is 0 Å². The van der Waals surface area contributed by atoms with Gasteiger partial charge in [-0.15, -0.1) is 0 Å². The van der Waals surface area contributed by atoms with Crippen molar-refractivity contribution in [1.82, 2.24) is 24.3 Å². The number of aromatic nitrogens is 5. The number of imidazole rings is 1. The topological polar surface area (TPSA) is 48.5 Å². The molecule has 2 aromatic heterocycles. The van der Waals surface area contributed by atoms with Gasteiger partial charge >= 0.3 is 172 Å². The molecule has 2 aromatic carbocycles. The third-order valence-electron chi connectivity index (χ3n) is 4.22. The number of hydrogen-bond acceptors (Lipinski definition) is 4. The molecule has 0 bridgehead atoms. The van der Waals surface area contributed by atoms with Crippen LogP contribution in [0.2, 0.25) is 0 Å². The second-order valence-electron chi connectivity index (χ2n) is 6.06. The van der Waals surface area contributed by atoms with Crippen molar-refractivity contribution >= 4 is 27.1 Å². The minimum atomic E-state index is 0.666. The van der Waals surface area contributed by atoms with Gasteiger partial charge in [-0.05, 0) is 0 Å².